The Hall–Kier alpha value is -0.880. The maximum atomic E-state index is 12.0. The largest absolute Gasteiger partial charge is 0.459 e. The van der Waals surface area contributed by atoms with Crippen molar-refractivity contribution in [2.45, 2.75) is 45.3 Å². The van der Waals surface area contributed by atoms with Gasteiger partial charge in [0.1, 0.15) is 11.6 Å². The van der Waals surface area contributed by atoms with Crippen LogP contribution >= 0.6 is 0 Å². The van der Waals surface area contributed by atoms with Crippen molar-refractivity contribution in [1.29, 1.82) is 0 Å². The van der Waals surface area contributed by atoms with Crippen molar-refractivity contribution < 1.29 is 17.9 Å². The summed E-state index contributed by atoms with van der Waals surface area (Å²) in [6, 6.07) is -0.686. The number of hydrogen-bond donors (Lipinski definition) is 0. The Labute approximate surface area is 109 Å². The van der Waals surface area contributed by atoms with Crippen LogP contribution in [-0.2, 0) is 19.6 Å². The fourth-order valence-electron chi connectivity index (χ4n) is 1.92. The molecule has 6 heteroatoms. The van der Waals surface area contributed by atoms with Crippen molar-refractivity contribution in [3.63, 3.8) is 0 Å². The van der Waals surface area contributed by atoms with Crippen LogP contribution in [0.3, 0.4) is 0 Å². The van der Waals surface area contributed by atoms with Crippen LogP contribution in [0.25, 0.3) is 0 Å². The third-order valence-corrected chi connectivity index (χ3v) is 4.38. The van der Waals surface area contributed by atoms with Gasteiger partial charge in [0.05, 0.1) is 5.75 Å². The first-order valence-electron chi connectivity index (χ1n) is 6.00. The minimum Gasteiger partial charge on any atom is -0.459 e. The summed E-state index contributed by atoms with van der Waals surface area (Å²) in [5.41, 5.74) is -0.604. The molecule has 18 heavy (non-hydrogen) atoms. The third kappa shape index (κ3) is 3.81. The molecule has 1 aliphatic rings. The van der Waals surface area contributed by atoms with Crippen LogP contribution in [-0.4, -0.2) is 42.6 Å². The molecule has 1 heterocycles. The summed E-state index contributed by atoms with van der Waals surface area (Å²) >= 11 is 0. The lowest BCUT2D eigenvalue weighted by molar-refractivity contribution is -0.158. The fourth-order valence-corrected chi connectivity index (χ4v) is 3.40. The SMILES string of the molecule is C=CCS(=O)(=O)N1CCC[C@@H]1C(=O)OC(C)(C)C. The number of ether oxygens (including phenoxy) is 1. The van der Waals surface area contributed by atoms with E-state index in [0.717, 1.165) is 0 Å². The Kier molecular flexibility index (Phi) is 4.55. The maximum Gasteiger partial charge on any atom is 0.324 e. The summed E-state index contributed by atoms with van der Waals surface area (Å²) in [6.45, 7) is 9.10. The van der Waals surface area contributed by atoms with E-state index in [1.165, 1.54) is 10.4 Å². The first-order valence-corrected chi connectivity index (χ1v) is 7.61. The Morgan fingerprint density at radius 3 is 2.61 bits per heavy atom. The highest BCUT2D eigenvalue weighted by Gasteiger charge is 2.40. The second kappa shape index (κ2) is 5.40. The molecule has 1 saturated heterocycles. The van der Waals surface area contributed by atoms with Crippen LogP contribution in [0.5, 0.6) is 0 Å². The van der Waals surface area contributed by atoms with Gasteiger partial charge >= 0.3 is 5.97 Å². The lowest BCUT2D eigenvalue weighted by Crippen LogP contribution is -2.44. The number of carbonyl (C=O) groups is 1. The second-order valence-electron chi connectivity index (χ2n) is 5.37. The zero-order valence-corrected chi connectivity index (χ0v) is 12.0. The van der Waals surface area contributed by atoms with Gasteiger partial charge in [-0.15, -0.1) is 6.58 Å². The molecule has 0 aromatic heterocycles. The molecule has 0 aliphatic carbocycles. The van der Waals surface area contributed by atoms with E-state index in [1.807, 2.05) is 0 Å². The van der Waals surface area contributed by atoms with Gasteiger partial charge in [0.25, 0.3) is 0 Å². The standard InChI is InChI=1S/C12H21NO4S/c1-5-9-18(15,16)13-8-6-7-10(13)11(14)17-12(2,3)4/h5,10H,1,6-9H2,2-4H3/t10-/m1/s1. The topological polar surface area (TPSA) is 63.7 Å². The number of sulfonamides is 1. The van der Waals surface area contributed by atoms with Gasteiger partial charge in [0.15, 0.2) is 0 Å². The molecule has 0 bridgehead atoms. The van der Waals surface area contributed by atoms with Crippen molar-refractivity contribution in [3.05, 3.63) is 12.7 Å². The Bertz CT molecular complexity index is 422. The van der Waals surface area contributed by atoms with E-state index >= 15 is 0 Å². The number of carbonyl (C=O) groups excluding carboxylic acids is 1. The highest BCUT2D eigenvalue weighted by molar-refractivity contribution is 7.89. The van der Waals surface area contributed by atoms with Gasteiger partial charge in [-0.2, -0.15) is 4.31 Å². The molecule has 1 atom stereocenters. The highest BCUT2D eigenvalue weighted by Crippen LogP contribution is 2.24. The molecule has 0 saturated carbocycles. The van der Waals surface area contributed by atoms with Crippen LogP contribution in [0.15, 0.2) is 12.7 Å². The summed E-state index contributed by atoms with van der Waals surface area (Å²) < 4.78 is 30.4. The zero-order chi connectivity index (χ0) is 14.0. The Morgan fingerprint density at radius 2 is 2.11 bits per heavy atom. The molecule has 1 fully saturated rings. The van der Waals surface area contributed by atoms with E-state index in [9.17, 15) is 13.2 Å². The first-order chi connectivity index (χ1) is 8.17. The minimum absolute atomic E-state index is 0.147. The van der Waals surface area contributed by atoms with Gasteiger partial charge in [-0.05, 0) is 33.6 Å². The molecule has 0 N–H and O–H groups in total. The summed E-state index contributed by atoms with van der Waals surface area (Å²) in [6.07, 6.45) is 2.53. The van der Waals surface area contributed by atoms with Gasteiger partial charge in [-0.3, -0.25) is 4.79 Å². The molecule has 5 nitrogen and oxygen atoms in total. The van der Waals surface area contributed by atoms with Crippen LogP contribution in [0.4, 0.5) is 0 Å². The predicted octanol–water partition coefficient (Wildman–Crippen LogP) is 1.31. The predicted molar refractivity (Wildman–Crippen MR) is 69.6 cm³/mol. The second-order valence-corrected chi connectivity index (χ2v) is 7.34. The van der Waals surface area contributed by atoms with E-state index in [4.69, 9.17) is 4.74 Å². The fraction of sp³-hybridized carbons (Fsp3) is 0.750. The van der Waals surface area contributed by atoms with Crippen molar-refractivity contribution in [2.75, 3.05) is 12.3 Å². The molecule has 0 amide bonds. The summed E-state index contributed by atoms with van der Waals surface area (Å²) in [5, 5.41) is 0. The van der Waals surface area contributed by atoms with Crippen LogP contribution < -0.4 is 0 Å². The van der Waals surface area contributed by atoms with Gasteiger partial charge in [-0.1, -0.05) is 6.08 Å². The molecule has 0 aromatic carbocycles. The number of hydrogen-bond acceptors (Lipinski definition) is 4. The quantitative estimate of drug-likeness (QED) is 0.573. The normalized spacial score (nSPS) is 21.8. The van der Waals surface area contributed by atoms with Gasteiger partial charge in [0.2, 0.25) is 10.0 Å². The molecular weight excluding hydrogens is 254 g/mol. The van der Waals surface area contributed by atoms with Crippen LogP contribution in [0.2, 0.25) is 0 Å². The lowest BCUT2D eigenvalue weighted by Gasteiger charge is -2.26. The molecule has 104 valence electrons. The average Bonchev–Trinajstić information content (AvgIpc) is 2.63. The summed E-state index contributed by atoms with van der Waals surface area (Å²) in [5.74, 6) is -0.612. The summed E-state index contributed by atoms with van der Waals surface area (Å²) in [7, 11) is -3.45. The van der Waals surface area contributed by atoms with Crippen molar-refractivity contribution in [3.8, 4) is 0 Å². The lowest BCUT2D eigenvalue weighted by atomic mass is 10.2. The van der Waals surface area contributed by atoms with Crippen molar-refractivity contribution in [1.82, 2.24) is 4.31 Å². The summed E-state index contributed by atoms with van der Waals surface area (Å²) in [4.78, 5) is 12.0. The van der Waals surface area contributed by atoms with E-state index in [0.29, 0.717) is 19.4 Å². The zero-order valence-electron chi connectivity index (χ0n) is 11.2. The molecule has 0 spiro atoms. The number of nitrogens with zero attached hydrogens (tertiary/aromatic N) is 1. The molecule has 0 radical (unpaired) electrons. The Balaban J connectivity index is 2.83. The third-order valence-electron chi connectivity index (χ3n) is 2.57. The van der Waals surface area contributed by atoms with Gasteiger partial charge in [-0.25, -0.2) is 8.42 Å². The molecular formula is C12H21NO4S. The van der Waals surface area contributed by atoms with Gasteiger partial charge in [0, 0.05) is 6.54 Å². The monoisotopic (exact) mass is 275 g/mol. The van der Waals surface area contributed by atoms with Crippen LogP contribution in [0.1, 0.15) is 33.6 Å². The number of esters is 1. The highest BCUT2D eigenvalue weighted by atomic mass is 32.2. The van der Waals surface area contributed by atoms with Gasteiger partial charge < -0.3 is 4.74 Å². The van der Waals surface area contributed by atoms with Crippen molar-refractivity contribution >= 4 is 16.0 Å². The molecule has 0 aromatic rings. The van der Waals surface area contributed by atoms with E-state index < -0.39 is 27.6 Å². The maximum absolute atomic E-state index is 12.0. The minimum atomic E-state index is -3.45. The average molecular weight is 275 g/mol. The molecule has 1 rings (SSSR count). The molecule has 1 aliphatic heterocycles. The Morgan fingerprint density at radius 1 is 1.50 bits per heavy atom. The van der Waals surface area contributed by atoms with Crippen molar-refractivity contribution in [2.24, 2.45) is 0 Å². The smallest absolute Gasteiger partial charge is 0.324 e. The molecule has 0 unspecified atom stereocenters. The first kappa shape index (κ1) is 15.2. The van der Waals surface area contributed by atoms with Crippen LogP contribution in [0, 0.1) is 0 Å². The van der Waals surface area contributed by atoms with E-state index in [-0.39, 0.29) is 5.75 Å². The number of rotatable bonds is 4. The van der Waals surface area contributed by atoms with E-state index in [2.05, 4.69) is 6.58 Å². The van der Waals surface area contributed by atoms with E-state index in [1.54, 1.807) is 20.8 Å².